The van der Waals surface area contributed by atoms with Crippen molar-refractivity contribution in [2.75, 3.05) is 0 Å². The fourth-order valence-electron chi connectivity index (χ4n) is 5.48. The van der Waals surface area contributed by atoms with Crippen LogP contribution in [0.3, 0.4) is 0 Å². The van der Waals surface area contributed by atoms with Crippen LogP contribution in [0.1, 0.15) is 0 Å². The number of fused-ring (bicyclic) bond motifs is 7. The predicted octanol–water partition coefficient (Wildman–Crippen LogP) is 8.93. The number of aromatic nitrogens is 3. The van der Waals surface area contributed by atoms with E-state index in [1.807, 2.05) is 79.0 Å². The van der Waals surface area contributed by atoms with Crippen LogP contribution in [0.25, 0.3) is 60.8 Å². The third-order valence-corrected chi connectivity index (χ3v) is 7.14. The number of hydrogen-bond donors (Lipinski definition) is 0. The second kappa shape index (κ2) is 8.57. The summed E-state index contributed by atoms with van der Waals surface area (Å²) in [4.78, 5) is 9.28. The molecule has 0 spiro atoms. The van der Waals surface area contributed by atoms with Crippen molar-refractivity contribution in [3.05, 3.63) is 128 Å². The Kier molecular flexibility index (Phi) is 4.76. The lowest BCUT2D eigenvalue weighted by molar-refractivity contribution is 0.482. The zero-order valence-electron chi connectivity index (χ0n) is 20.8. The van der Waals surface area contributed by atoms with E-state index in [0.717, 1.165) is 72.3 Å². The number of para-hydroxylation sites is 1. The smallest absolute Gasteiger partial charge is 0.145 e. The molecule has 39 heavy (non-hydrogen) atoms. The van der Waals surface area contributed by atoms with Crippen LogP contribution in [0.15, 0.2) is 132 Å². The summed E-state index contributed by atoms with van der Waals surface area (Å²) < 4.78 is 14.7. The molecule has 0 aliphatic carbocycles. The van der Waals surface area contributed by atoms with Gasteiger partial charge in [0.1, 0.15) is 28.3 Å². The summed E-state index contributed by atoms with van der Waals surface area (Å²) in [7, 11) is 0. The van der Waals surface area contributed by atoms with Gasteiger partial charge in [-0.1, -0.05) is 42.5 Å². The van der Waals surface area contributed by atoms with E-state index in [0.29, 0.717) is 0 Å². The molecular weight excluding hydrogens is 482 g/mol. The first-order valence-electron chi connectivity index (χ1n) is 12.8. The fraction of sp³-hybridized carbons (Fsp3) is 0. The van der Waals surface area contributed by atoms with Crippen LogP contribution < -0.4 is 4.74 Å². The summed E-state index contributed by atoms with van der Waals surface area (Å²) in [6.45, 7) is 0. The number of hydrogen-bond acceptors (Lipinski definition) is 4. The molecule has 0 saturated heterocycles. The average molecular weight is 504 g/mol. The van der Waals surface area contributed by atoms with Crippen molar-refractivity contribution in [3.8, 4) is 28.4 Å². The van der Waals surface area contributed by atoms with Gasteiger partial charge in [-0.15, -0.1) is 0 Å². The number of pyridine rings is 2. The zero-order valence-corrected chi connectivity index (χ0v) is 20.8. The minimum Gasteiger partial charge on any atom is -0.457 e. The van der Waals surface area contributed by atoms with Gasteiger partial charge in [-0.25, -0.2) is 4.98 Å². The van der Waals surface area contributed by atoms with Crippen molar-refractivity contribution >= 4 is 43.9 Å². The molecule has 0 unspecified atom stereocenters. The number of nitrogens with zero attached hydrogens (tertiary/aromatic N) is 3. The van der Waals surface area contributed by atoms with E-state index >= 15 is 0 Å². The Labute approximate surface area is 223 Å². The van der Waals surface area contributed by atoms with Gasteiger partial charge in [0.15, 0.2) is 0 Å². The van der Waals surface area contributed by atoms with Gasteiger partial charge in [0.2, 0.25) is 0 Å². The van der Waals surface area contributed by atoms with Crippen molar-refractivity contribution in [1.82, 2.24) is 14.5 Å². The molecule has 4 heterocycles. The van der Waals surface area contributed by atoms with Crippen LogP contribution >= 0.6 is 0 Å². The van der Waals surface area contributed by atoms with Gasteiger partial charge >= 0.3 is 0 Å². The lowest BCUT2D eigenvalue weighted by Crippen LogP contribution is -1.96. The molecule has 4 aromatic heterocycles. The molecule has 0 bridgehead atoms. The Morgan fingerprint density at radius 1 is 0.590 bits per heavy atom. The standard InChI is InChI=1S/C34H21N3O2/c1-2-15-30-26(12-1)33-31(39-30)17-16-29-32(33)27-13-7-19-36-34(27)37(29)23-9-6-11-25(21-23)38-24-10-5-8-22(20-24)28-14-3-4-18-35-28/h1-21H. The second-order valence-electron chi connectivity index (χ2n) is 9.48. The van der Waals surface area contributed by atoms with Gasteiger partial charge in [0.25, 0.3) is 0 Å². The molecule has 0 radical (unpaired) electrons. The minimum atomic E-state index is 0.742. The highest BCUT2D eigenvalue weighted by atomic mass is 16.5. The Morgan fingerprint density at radius 3 is 2.33 bits per heavy atom. The highest BCUT2D eigenvalue weighted by Crippen LogP contribution is 2.41. The molecule has 0 atom stereocenters. The molecule has 8 rings (SSSR count). The van der Waals surface area contributed by atoms with Crippen LogP contribution in [-0.2, 0) is 0 Å². The third kappa shape index (κ3) is 3.48. The van der Waals surface area contributed by atoms with E-state index in [2.05, 4.69) is 52.0 Å². The molecule has 0 amide bonds. The van der Waals surface area contributed by atoms with E-state index in [-0.39, 0.29) is 0 Å². The van der Waals surface area contributed by atoms with Gasteiger partial charge < -0.3 is 9.15 Å². The summed E-state index contributed by atoms with van der Waals surface area (Å²) in [5, 5.41) is 4.43. The molecule has 0 aliphatic rings. The summed E-state index contributed by atoms with van der Waals surface area (Å²) in [6.07, 6.45) is 3.64. The topological polar surface area (TPSA) is 53.1 Å². The molecule has 0 aliphatic heterocycles. The summed E-state index contributed by atoms with van der Waals surface area (Å²) in [5.74, 6) is 1.49. The minimum absolute atomic E-state index is 0.742. The van der Waals surface area contributed by atoms with Crippen LogP contribution in [0, 0.1) is 0 Å². The molecule has 0 fully saturated rings. The maximum absolute atomic E-state index is 6.34. The highest BCUT2D eigenvalue weighted by Gasteiger charge is 2.19. The van der Waals surface area contributed by atoms with Gasteiger partial charge in [0.05, 0.1) is 16.9 Å². The summed E-state index contributed by atoms with van der Waals surface area (Å²) in [5.41, 5.74) is 6.60. The second-order valence-corrected chi connectivity index (χ2v) is 9.48. The Hall–Kier alpha value is -5.42. The monoisotopic (exact) mass is 503 g/mol. The van der Waals surface area contributed by atoms with Crippen molar-refractivity contribution in [2.45, 2.75) is 0 Å². The highest BCUT2D eigenvalue weighted by molar-refractivity contribution is 6.26. The van der Waals surface area contributed by atoms with E-state index in [1.54, 1.807) is 6.20 Å². The first kappa shape index (κ1) is 21.6. The van der Waals surface area contributed by atoms with Crippen LogP contribution in [0.4, 0.5) is 0 Å². The summed E-state index contributed by atoms with van der Waals surface area (Å²) in [6, 6.07) is 38.5. The largest absolute Gasteiger partial charge is 0.457 e. The quantitative estimate of drug-likeness (QED) is 0.241. The molecule has 4 aromatic carbocycles. The van der Waals surface area contributed by atoms with Crippen LogP contribution in [0.2, 0.25) is 0 Å². The third-order valence-electron chi connectivity index (χ3n) is 7.14. The van der Waals surface area contributed by atoms with E-state index in [1.165, 1.54) is 0 Å². The van der Waals surface area contributed by atoms with Gasteiger partial charge in [0, 0.05) is 45.6 Å². The van der Waals surface area contributed by atoms with Gasteiger partial charge in [-0.2, -0.15) is 0 Å². The fourth-order valence-corrected chi connectivity index (χ4v) is 5.48. The first-order chi connectivity index (χ1) is 19.3. The normalized spacial score (nSPS) is 11.6. The first-order valence-corrected chi connectivity index (χ1v) is 12.8. The molecule has 0 N–H and O–H groups in total. The molecule has 5 nitrogen and oxygen atoms in total. The lowest BCUT2D eigenvalue weighted by Gasteiger charge is -2.11. The maximum atomic E-state index is 6.34. The molecule has 5 heteroatoms. The molecule has 0 saturated carbocycles. The van der Waals surface area contributed by atoms with Crippen LogP contribution in [-0.4, -0.2) is 14.5 Å². The number of ether oxygens (including phenoxy) is 1. The Morgan fingerprint density at radius 2 is 1.41 bits per heavy atom. The van der Waals surface area contributed by atoms with E-state index < -0.39 is 0 Å². The lowest BCUT2D eigenvalue weighted by atomic mass is 10.1. The van der Waals surface area contributed by atoms with Gasteiger partial charge in [-0.3, -0.25) is 9.55 Å². The van der Waals surface area contributed by atoms with E-state index in [9.17, 15) is 0 Å². The van der Waals surface area contributed by atoms with E-state index in [4.69, 9.17) is 14.1 Å². The molecule has 8 aromatic rings. The van der Waals surface area contributed by atoms with Crippen molar-refractivity contribution in [3.63, 3.8) is 0 Å². The number of rotatable bonds is 4. The molecular formula is C34H21N3O2. The Bertz CT molecular complexity index is 2160. The van der Waals surface area contributed by atoms with Gasteiger partial charge in [-0.05, 0) is 66.7 Å². The van der Waals surface area contributed by atoms with Crippen molar-refractivity contribution in [1.29, 1.82) is 0 Å². The van der Waals surface area contributed by atoms with Crippen molar-refractivity contribution < 1.29 is 9.15 Å². The van der Waals surface area contributed by atoms with Crippen LogP contribution in [0.5, 0.6) is 11.5 Å². The maximum Gasteiger partial charge on any atom is 0.145 e. The average Bonchev–Trinajstić information content (AvgIpc) is 3.53. The zero-order chi connectivity index (χ0) is 25.8. The van der Waals surface area contributed by atoms with Crippen molar-refractivity contribution in [2.24, 2.45) is 0 Å². The predicted molar refractivity (Wildman–Crippen MR) is 156 cm³/mol. The molecule has 184 valence electrons. The number of furan rings is 1. The SMILES string of the molecule is c1ccc(-c2cccc(Oc3cccc(-n4c5ccc6oc7ccccc7c6c5c5cccnc54)c3)c2)nc1. The number of benzene rings is 4. The summed E-state index contributed by atoms with van der Waals surface area (Å²) >= 11 is 0. The Balaban J connectivity index is 1.29.